The lowest BCUT2D eigenvalue weighted by molar-refractivity contribution is -0.124. The van der Waals surface area contributed by atoms with E-state index in [1.54, 1.807) is 11.9 Å². The SMILES string of the molecule is CCN1CCC(NC(=O)c2ccc(Nc3ccc4c(c3)N(C3CCOCC3)C(C=O)C(=O)N4C)cc2)CC1. The highest BCUT2D eigenvalue weighted by atomic mass is 16.5. The van der Waals surface area contributed by atoms with Gasteiger partial charge in [0.2, 0.25) is 0 Å². The van der Waals surface area contributed by atoms with Gasteiger partial charge in [-0.15, -0.1) is 0 Å². The molecular formula is C29H37N5O4. The summed E-state index contributed by atoms with van der Waals surface area (Å²) in [4.78, 5) is 43.7. The van der Waals surface area contributed by atoms with E-state index in [0.29, 0.717) is 18.8 Å². The number of fused-ring (bicyclic) bond motifs is 1. The molecule has 38 heavy (non-hydrogen) atoms. The molecule has 0 radical (unpaired) electrons. The number of aldehydes is 1. The average Bonchev–Trinajstić information content (AvgIpc) is 2.96. The van der Waals surface area contributed by atoms with Crippen molar-refractivity contribution in [1.82, 2.24) is 10.2 Å². The van der Waals surface area contributed by atoms with E-state index in [1.807, 2.05) is 47.4 Å². The minimum absolute atomic E-state index is 0.0417. The van der Waals surface area contributed by atoms with Gasteiger partial charge in [0.15, 0.2) is 12.3 Å². The summed E-state index contributed by atoms with van der Waals surface area (Å²) in [5, 5.41) is 6.59. The summed E-state index contributed by atoms with van der Waals surface area (Å²) in [7, 11) is 1.71. The summed E-state index contributed by atoms with van der Waals surface area (Å²) in [6.07, 6.45) is 4.23. The van der Waals surface area contributed by atoms with Gasteiger partial charge >= 0.3 is 0 Å². The Morgan fingerprint density at radius 3 is 2.34 bits per heavy atom. The number of likely N-dealkylation sites (tertiary alicyclic amines) is 1. The quantitative estimate of drug-likeness (QED) is 0.429. The lowest BCUT2D eigenvalue weighted by atomic mass is 9.99. The molecule has 1 unspecified atom stereocenters. The molecule has 5 rings (SSSR count). The third kappa shape index (κ3) is 5.39. The maximum atomic E-state index is 13.0. The molecule has 2 saturated heterocycles. The fourth-order valence-corrected chi connectivity index (χ4v) is 5.72. The van der Waals surface area contributed by atoms with Gasteiger partial charge in [-0.3, -0.25) is 9.59 Å². The first-order chi connectivity index (χ1) is 18.5. The van der Waals surface area contributed by atoms with Crippen LogP contribution >= 0.6 is 0 Å². The van der Waals surface area contributed by atoms with E-state index >= 15 is 0 Å². The number of carbonyl (C=O) groups is 3. The summed E-state index contributed by atoms with van der Waals surface area (Å²) >= 11 is 0. The number of hydrogen-bond acceptors (Lipinski definition) is 7. The fraction of sp³-hybridized carbons (Fsp3) is 0.483. The van der Waals surface area contributed by atoms with Crippen molar-refractivity contribution in [3.05, 3.63) is 48.0 Å². The Hall–Kier alpha value is -3.43. The number of nitrogens with zero attached hydrogens (tertiary/aromatic N) is 3. The Kier molecular flexibility index (Phi) is 7.95. The number of piperidine rings is 1. The number of likely N-dealkylation sites (N-methyl/N-ethyl adjacent to an activating group) is 1. The monoisotopic (exact) mass is 519 g/mol. The molecule has 2 fully saturated rings. The first-order valence-electron chi connectivity index (χ1n) is 13.6. The van der Waals surface area contributed by atoms with Crippen LogP contribution in [0.4, 0.5) is 22.7 Å². The van der Waals surface area contributed by atoms with Crippen molar-refractivity contribution in [3.63, 3.8) is 0 Å². The number of amides is 2. The van der Waals surface area contributed by atoms with Crippen LogP contribution in [0.3, 0.4) is 0 Å². The third-order valence-electron chi connectivity index (χ3n) is 8.02. The van der Waals surface area contributed by atoms with Gasteiger partial charge in [-0.1, -0.05) is 6.92 Å². The van der Waals surface area contributed by atoms with Crippen molar-refractivity contribution in [1.29, 1.82) is 0 Å². The molecule has 9 nitrogen and oxygen atoms in total. The van der Waals surface area contributed by atoms with Crippen molar-refractivity contribution in [3.8, 4) is 0 Å². The predicted octanol–water partition coefficient (Wildman–Crippen LogP) is 3.17. The van der Waals surface area contributed by atoms with E-state index < -0.39 is 6.04 Å². The first-order valence-corrected chi connectivity index (χ1v) is 13.6. The van der Waals surface area contributed by atoms with Crippen LogP contribution < -0.4 is 20.4 Å². The molecule has 3 aliphatic heterocycles. The van der Waals surface area contributed by atoms with Gasteiger partial charge in [0.05, 0.1) is 11.4 Å². The van der Waals surface area contributed by atoms with Gasteiger partial charge in [0, 0.05) is 62.4 Å². The molecule has 2 N–H and O–H groups in total. The fourth-order valence-electron chi connectivity index (χ4n) is 5.72. The molecule has 3 aliphatic rings. The smallest absolute Gasteiger partial charge is 0.256 e. The second-order valence-corrected chi connectivity index (χ2v) is 10.3. The molecule has 2 aromatic carbocycles. The molecule has 0 saturated carbocycles. The summed E-state index contributed by atoms with van der Waals surface area (Å²) in [5.74, 6) is -0.260. The topological polar surface area (TPSA) is 94.2 Å². The maximum absolute atomic E-state index is 13.0. The lowest BCUT2D eigenvalue weighted by Gasteiger charge is -2.45. The minimum Gasteiger partial charge on any atom is -0.381 e. The van der Waals surface area contributed by atoms with E-state index in [9.17, 15) is 14.4 Å². The highest BCUT2D eigenvalue weighted by Gasteiger charge is 2.40. The zero-order chi connectivity index (χ0) is 26.6. The summed E-state index contributed by atoms with van der Waals surface area (Å²) in [5.41, 5.74) is 3.96. The molecular weight excluding hydrogens is 482 g/mol. The molecule has 3 heterocycles. The highest BCUT2D eigenvalue weighted by molar-refractivity contribution is 6.13. The summed E-state index contributed by atoms with van der Waals surface area (Å²) < 4.78 is 5.52. The first kappa shape index (κ1) is 26.2. The number of rotatable bonds is 7. The van der Waals surface area contributed by atoms with Crippen LogP contribution in [0.15, 0.2) is 42.5 Å². The van der Waals surface area contributed by atoms with Gasteiger partial charge in [-0.25, -0.2) is 0 Å². The molecule has 0 aromatic heterocycles. The van der Waals surface area contributed by atoms with Gasteiger partial charge in [-0.05, 0) is 74.7 Å². The Bertz CT molecular complexity index is 1160. The van der Waals surface area contributed by atoms with Gasteiger partial charge < -0.3 is 34.9 Å². The van der Waals surface area contributed by atoms with Gasteiger partial charge in [0.25, 0.3) is 11.8 Å². The van der Waals surface area contributed by atoms with Crippen LogP contribution in [0.5, 0.6) is 0 Å². The van der Waals surface area contributed by atoms with Gasteiger partial charge in [-0.2, -0.15) is 0 Å². The Balaban J connectivity index is 1.30. The molecule has 0 bridgehead atoms. The van der Waals surface area contributed by atoms with Crippen LogP contribution in [-0.4, -0.2) is 81.0 Å². The molecule has 9 heteroatoms. The predicted molar refractivity (Wildman–Crippen MR) is 148 cm³/mol. The Morgan fingerprint density at radius 2 is 1.68 bits per heavy atom. The normalized spacial score (nSPS) is 21.2. The summed E-state index contributed by atoms with van der Waals surface area (Å²) in [6, 6.07) is 12.7. The number of carbonyl (C=O) groups excluding carboxylic acids is 3. The molecule has 2 amide bonds. The van der Waals surface area contributed by atoms with E-state index in [4.69, 9.17) is 4.74 Å². The largest absolute Gasteiger partial charge is 0.381 e. The Morgan fingerprint density at radius 1 is 1.00 bits per heavy atom. The number of hydrogen-bond donors (Lipinski definition) is 2. The van der Waals surface area contributed by atoms with Crippen molar-refractivity contribution in [2.45, 2.75) is 50.7 Å². The minimum atomic E-state index is -0.849. The second kappa shape index (κ2) is 11.5. The van der Waals surface area contributed by atoms with E-state index in [-0.39, 0.29) is 23.9 Å². The van der Waals surface area contributed by atoms with Crippen LogP contribution in [0.1, 0.15) is 43.0 Å². The number of anilines is 4. The second-order valence-electron chi connectivity index (χ2n) is 10.3. The molecule has 1 atom stereocenters. The van der Waals surface area contributed by atoms with Crippen molar-refractivity contribution < 1.29 is 19.1 Å². The van der Waals surface area contributed by atoms with E-state index in [0.717, 1.165) is 74.4 Å². The van der Waals surface area contributed by atoms with Crippen molar-refractivity contribution in [2.24, 2.45) is 0 Å². The van der Waals surface area contributed by atoms with E-state index in [2.05, 4.69) is 22.5 Å². The Labute approximate surface area is 224 Å². The molecule has 0 spiro atoms. The number of benzene rings is 2. The van der Waals surface area contributed by atoms with Gasteiger partial charge in [0.1, 0.15) is 0 Å². The van der Waals surface area contributed by atoms with Crippen LogP contribution in [0.2, 0.25) is 0 Å². The van der Waals surface area contributed by atoms with Crippen molar-refractivity contribution >= 4 is 40.9 Å². The maximum Gasteiger partial charge on any atom is 0.256 e. The van der Waals surface area contributed by atoms with Crippen LogP contribution in [0, 0.1) is 0 Å². The molecule has 2 aromatic rings. The lowest BCUT2D eigenvalue weighted by Crippen LogP contribution is -2.57. The van der Waals surface area contributed by atoms with Crippen molar-refractivity contribution in [2.75, 3.05) is 55.0 Å². The number of ether oxygens (including phenoxy) is 1. The standard InChI is InChI=1S/C29H37N5O4/c1-3-33-14-10-22(11-15-33)31-28(36)20-4-6-21(7-5-20)30-23-8-9-25-26(18-23)34(24-12-16-38-17-13-24)27(19-35)29(37)32(25)2/h4-9,18-19,22,24,27,30H,3,10-17H2,1-2H3,(H,31,36). The summed E-state index contributed by atoms with van der Waals surface area (Å²) in [6.45, 7) is 6.49. The molecule has 202 valence electrons. The number of nitrogens with one attached hydrogen (secondary N) is 2. The van der Waals surface area contributed by atoms with Crippen LogP contribution in [-0.2, 0) is 14.3 Å². The third-order valence-corrected chi connectivity index (χ3v) is 8.02. The molecule has 0 aliphatic carbocycles. The van der Waals surface area contributed by atoms with E-state index in [1.165, 1.54) is 0 Å². The average molecular weight is 520 g/mol. The van der Waals surface area contributed by atoms with Crippen LogP contribution in [0.25, 0.3) is 0 Å². The zero-order valence-electron chi connectivity index (χ0n) is 22.2. The highest BCUT2D eigenvalue weighted by Crippen LogP contribution is 2.40. The zero-order valence-corrected chi connectivity index (χ0v) is 22.2.